The highest BCUT2D eigenvalue weighted by molar-refractivity contribution is 6.99. The number of benzene rings is 2. The van der Waals surface area contributed by atoms with E-state index in [0.29, 0.717) is 18.5 Å². The number of ether oxygens (including phenoxy) is 1. The first-order valence-corrected chi connectivity index (χ1v) is 13.8. The molecule has 6 nitrogen and oxygen atoms in total. The third-order valence-corrected chi connectivity index (χ3v) is 12.4. The Bertz CT molecular complexity index is 1100. The molecule has 0 saturated carbocycles. The lowest BCUT2D eigenvalue weighted by Gasteiger charge is -2.47. The quantitative estimate of drug-likeness (QED) is 0.671. The molecule has 1 amide bonds. The molecule has 0 radical (unpaired) electrons. The molecule has 2 aliphatic heterocycles. The molecule has 4 atom stereocenters. The average Bonchev–Trinajstić information content (AvgIpc) is 3.29. The van der Waals surface area contributed by atoms with Gasteiger partial charge in [-0.25, -0.2) is 4.79 Å². The summed E-state index contributed by atoms with van der Waals surface area (Å²) in [6.45, 7) is 8.68. The van der Waals surface area contributed by atoms with Crippen LogP contribution in [0.25, 0.3) is 0 Å². The Morgan fingerprint density at radius 2 is 1.59 bits per heavy atom. The normalized spacial score (nSPS) is 25.4. The van der Waals surface area contributed by atoms with Crippen molar-refractivity contribution >= 4 is 30.6 Å². The average molecular weight is 478 g/mol. The number of nitrogens with zero attached hydrogens (tertiary/aromatic N) is 1. The minimum Gasteiger partial charge on any atom is -0.435 e. The van der Waals surface area contributed by atoms with Crippen molar-refractivity contribution < 1.29 is 23.9 Å². The maximum atomic E-state index is 13.2. The van der Waals surface area contributed by atoms with Gasteiger partial charge in [0.2, 0.25) is 5.78 Å². The number of carbonyl (C=O) groups is 2. The predicted octanol–water partition coefficient (Wildman–Crippen LogP) is 2.78. The van der Waals surface area contributed by atoms with Gasteiger partial charge in [-0.3, -0.25) is 9.69 Å². The number of aliphatic hydroxyl groups excluding tert-OH is 1. The minimum atomic E-state index is -2.89. The molecule has 7 heteroatoms. The van der Waals surface area contributed by atoms with Gasteiger partial charge in [0.15, 0.2) is 6.10 Å². The van der Waals surface area contributed by atoms with Gasteiger partial charge in [0.05, 0.1) is 12.2 Å². The lowest BCUT2D eigenvalue weighted by Crippen LogP contribution is -2.68. The van der Waals surface area contributed by atoms with E-state index in [2.05, 4.69) is 45.0 Å². The summed E-state index contributed by atoms with van der Waals surface area (Å²) in [5, 5.41) is 12.6. The minimum absolute atomic E-state index is 0.234. The number of carbonyl (C=O) groups excluding carboxylic acids is 2. The van der Waals surface area contributed by atoms with Crippen LogP contribution in [0.3, 0.4) is 0 Å². The van der Waals surface area contributed by atoms with Gasteiger partial charge in [-0.1, -0.05) is 81.4 Å². The maximum Gasteiger partial charge on any atom is 0.411 e. The van der Waals surface area contributed by atoms with Crippen LogP contribution in [-0.4, -0.2) is 61.1 Å². The summed E-state index contributed by atoms with van der Waals surface area (Å²) in [7, 11) is -2.89. The molecule has 2 heterocycles. The molecule has 0 unspecified atom stereocenters. The zero-order chi connectivity index (χ0) is 24.3. The summed E-state index contributed by atoms with van der Waals surface area (Å²) in [4.78, 5) is 27.3. The molecule has 2 saturated heterocycles. The Balaban J connectivity index is 1.69. The molecule has 0 aromatic heterocycles. The second kappa shape index (κ2) is 8.18. The van der Waals surface area contributed by atoms with Gasteiger partial charge in [-0.05, 0) is 34.3 Å². The fourth-order valence-corrected chi connectivity index (χ4v) is 10.7. The molecule has 0 spiro atoms. The molecule has 3 aliphatic rings. The van der Waals surface area contributed by atoms with E-state index < -0.39 is 38.8 Å². The van der Waals surface area contributed by atoms with E-state index in [1.54, 1.807) is 11.8 Å². The molecule has 2 aromatic carbocycles. The van der Waals surface area contributed by atoms with E-state index in [-0.39, 0.29) is 10.8 Å². The number of hydrogen-bond acceptors (Lipinski definition) is 5. The number of ketones is 1. The first kappa shape index (κ1) is 23.0. The smallest absolute Gasteiger partial charge is 0.411 e. The van der Waals surface area contributed by atoms with Gasteiger partial charge >= 0.3 is 6.09 Å². The van der Waals surface area contributed by atoms with Gasteiger partial charge in [0.25, 0.3) is 8.32 Å². The van der Waals surface area contributed by atoms with Crippen LogP contribution in [-0.2, 0) is 14.0 Å². The zero-order valence-corrected chi connectivity index (χ0v) is 21.0. The number of rotatable bonds is 5. The predicted molar refractivity (Wildman–Crippen MR) is 132 cm³/mol. The van der Waals surface area contributed by atoms with Crippen LogP contribution in [0.2, 0.25) is 5.04 Å². The summed E-state index contributed by atoms with van der Waals surface area (Å²) in [6, 6.07) is 20.2. The molecular formula is C27H31NO5Si. The van der Waals surface area contributed by atoms with E-state index in [9.17, 15) is 14.7 Å². The van der Waals surface area contributed by atoms with Crippen molar-refractivity contribution in [3.63, 3.8) is 0 Å². The summed E-state index contributed by atoms with van der Waals surface area (Å²) < 4.78 is 12.8. The fraction of sp³-hybridized carbons (Fsp3) is 0.407. The number of piperidine rings is 1. The summed E-state index contributed by atoms with van der Waals surface area (Å²) in [6.07, 6.45) is -2.17. The van der Waals surface area contributed by atoms with Crippen LogP contribution < -0.4 is 10.4 Å². The molecule has 1 aliphatic carbocycles. The largest absolute Gasteiger partial charge is 0.435 e. The first-order valence-electron chi connectivity index (χ1n) is 11.9. The van der Waals surface area contributed by atoms with Crippen LogP contribution in [0.1, 0.15) is 34.1 Å². The highest BCUT2D eigenvalue weighted by Crippen LogP contribution is 2.46. The van der Waals surface area contributed by atoms with Crippen molar-refractivity contribution in [1.29, 1.82) is 0 Å². The van der Waals surface area contributed by atoms with Crippen LogP contribution in [0.15, 0.2) is 71.8 Å². The number of amides is 1. The van der Waals surface area contributed by atoms with E-state index in [1.807, 2.05) is 36.4 Å². The van der Waals surface area contributed by atoms with Gasteiger partial charge in [-0.2, -0.15) is 0 Å². The van der Waals surface area contributed by atoms with Gasteiger partial charge in [0, 0.05) is 12.1 Å². The Morgan fingerprint density at radius 1 is 1.03 bits per heavy atom. The van der Waals surface area contributed by atoms with E-state index in [0.717, 1.165) is 15.9 Å². The van der Waals surface area contributed by atoms with Crippen LogP contribution in [0.5, 0.6) is 0 Å². The molecule has 178 valence electrons. The van der Waals surface area contributed by atoms with Crippen LogP contribution >= 0.6 is 0 Å². The zero-order valence-electron chi connectivity index (χ0n) is 20.0. The summed E-state index contributed by atoms with van der Waals surface area (Å²) in [5.41, 5.74) is 1.06. The standard InChI is InChI=1S/C27H31NO5Si/c1-17(29)21-22-20(15-16-28-23(22)25(24(21)30)32-26(28)31)33-34(27(2,3)4,18-11-7-5-8-12-18)19-13-9-6-10-14-19/h5-14,17,20,23,25,29H,15-16H2,1-4H3/t17-,20-,23-,25-/m1/s1. The van der Waals surface area contributed by atoms with Crippen molar-refractivity contribution in [1.82, 2.24) is 4.90 Å². The Labute approximate surface area is 201 Å². The second-order valence-corrected chi connectivity index (χ2v) is 14.7. The molecule has 1 N–H and O–H groups in total. The molecule has 34 heavy (non-hydrogen) atoms. The molecule has 5 rings (SSSR count). The monoisotopic (exact) mass is 477 g/mol. The van der Waals surface area contributed by atoms with Gasteiger partial charge < -0.3 is 14.3 Å². The Hall–Kier alpha value is -2.74. The van der Waals surface area contributed by atoms with Crippen molar-refractivity contribution in [2.24, 2.45) is 0 Å². The van der Waals surface area contributed by atoms with E-state index >= 15 is 0 Å². The lowest BCUT2D eigenvalue weighted by atomic mass is 9.92. The van der Waals surface area contributed by atoms with Gasteiger partial charge in [0.1, 0.15) is 6.04 Å². The highest BCUT2D eigenvalue weighted by atomic mass is 28.4. The third kappa shape index (κ3) is 3.29. The molecule has 2 fully saturated rings. The second-order valence-electron chi connectivity index (χ2n) is 10.4. The van der Waals surface area contributed by atoms with Crippen LogP contribution in [0, 0.1) is 0 Å². The topological polar surface area (TPSA) is 76.1 Å². The molecule has 0 bridgehead atoms. The highest BCUT2D eigenvalue weighted by Gasteiger charge is 2.60. The van der Waals surface area contributed by atoms with Crippen molar-refractivity contribution in [2.45, 2.75) is 63.5 Å². The van der Waals surface area contributed by atoms with Crippen LogP contribution in [0.4, 0.5) is 4.79 Å². The summed E-state index contributed by atoms with van der Waals surface area (Å²) in [5.74, 6) is -0.302. The SMILES string of the molecule is C[C@@H](O)C1=C2[C@@H]3[C@@H](OC(=O)N3CC[C@H]2O[Si](c2ccccc2)(c2ccccc2)C(C)(C)C)C1=O. The summed E-state index contributed by atoms with van der Waals surface area (Å²) >= 11 is 0. The Kier molecular flexibility index (Phi) is 5.54. The molecular weight excluding hydrogens is 446 g/mol. The maximum absolute atomic E-state index is 13.2. The molecule has 2 aromatic rings. The van der Waals surface area contributed by atoms with E-state index in [4.69, 9.17) is 9.16 Å². The fourth-order valence-electron chi connectivity index (χ4n) is 5.98. The van der Waals surface area contributed by atoms with Crippen molar-refractivity contribution in [2.75, 3.05) is 6.54 Å². The van der Waals surface area contributed by atoms with Gasteiger partial charge in [-0.15, -0.1) is 0 Å². The lowest BCUT2D eigenvalue weighted by molar-refractivity contribution is -0.122. The number of hydrogen-bond donors (Lipinski definition) is 1. The van der Waals surface area contributed by atoms with Crippen molar-refractivity contribution in [3.05, 3.63) is 71.8 Å². The van der Waals surface area contributed by atoms with Crippen molar-refractivity contribution in [3.8, 4) is 0 Å². The Morgan fingerprint density at radius 3 is 2.09 bits per heavy atom. The number of Topliss-reactive ketones (excluding diaryl/α,β-unsaturated/α-hetero) is 1. The van der Waals surface area contributed by atoms with E-state index in [1.165, 1.54) is 0 Å². The first-order chi connectivity index (χ1) is 16.2. The number of aliphatic hydroxyl groups is 1. The third-order valence-electron chi connectivity index (χ3n) is 7.37.